The fraction of sp³-hybridized carbons (Fsp3) is 0.312. The summed E-state index contributed by atoms with van der Waals surface area (Å²) in [4.78, 5) is 11.5. The topological polar surface area (TPSA) is 82.5 Å². The number of benzene rings is 1. The van der Waals surface area contributed by atoms with Crippen LogP contribution < -0.4 is 14.4 Å². The minimum absolute atomic E-state index is 0.0309. The van der Waals surface area contributed by atoms with Crippen LogP contribution in [0.3, 0.4) is 0 Å². The van der Waals surface area contributed by atoms with Gasteiger partial charge in [0.2, 0.25) is 5.60 Å². The molecule has 2 aromatic rings. The molecule has 0 amide bonds. The second-order valence-corrected chi connectivity index (χ2v) is 5.83. The van der Waals surface area contributed by atoms with Gasteiger partial charge in [-0.1, -0.05) is 13.0 Å². The summed E-state index contributed by atoms with van der Waals surface area (Å²) in [6, 6.07) is 7.55. The molecule has 1 aliphatic heterocycles. The van der Waals surface area contributed by atoms with Crippen molar-refractivity contribution in [3.8, 4) is 5.75 Å². The van der Waals surface area contributed by atoms with Crippen LogP contribution in [0, 0.1) is 15.3 Å². The Morgan fingerprint density at radius 1 is 1.35 bits per heavy atom. The average Bonchev–Trinajstić information content (AvgIpc) is 2.59. The van der Waals surface area contributed by atoms with Gasteiger partial charge in [-0.05, 0) is 18.6 Å². The lowest BCUT2D eigenvalue weighted by Gasteiger charge is -2.41. The van der Waals surface area contributed by atoms with E-state index < -0.39 is 29.7 Å². The van der Waals surface area contributed by atoms with E-state index in [1.165, 1.54) is 25.1 Å². The number of anilines is 2. The molecule has 10 heteroatoms. The highest BCUT2D eigenvalue weighted by molar-refractivity contribution is 5.71. The Hall–Kier alpha value is -3.04. The van der Waals surface area contributed by atoms with Crippen LogP contribution in [0.15, 0.2) is 42.6 Å². The van der Waals surface area contributed by atoms with Gasteiger partial charge in [0.1, 0.15) is 6.54 Å². The van der Waals surface area contributed by atoms with Gasteiger partial charge in [-0.25, -0.2) is 9.63 Å². The molecule has 0 bridgehead atoms. The maximum absolute atomic E-state index is 13.7. The van der Waals surface area contributed by atoms with Gasteiger partial charge < -0.3 is 9.94 Å². The van der Waals surface area contributed by atoms with Gasteiger partial charge in [0, 0.05) is 12.1 Å². The van der Waals surface area contributed by atoms with Crippen molar-refractivity contribution in [2.24, 2.45) is 0 Å². The zero-order valence-electron chi connectivity index (χ0n) is 13.6. The van der Waals surface area contributed by atoms with Crippen LogP contribution in [0.5, 0.6) is 5.75 Å². The van der Waals surface area contributed by atoms with Crippen LogP contribution in [0.1, 0.15) is 13.3 Å². The number of nitro benzene ring substituents is 1. The van der Waals surface area contributed by atoms with Crippen molar-refractivity contribution < 1.29 is 27.6 Å². The Balaban J connectivity index is 2.22. The van der Waals surface area contributed by atoms with Gasteiger partial charge in [-0.15, -0.1) is 0 Å². The number of non-ortho nitro benzene ring substituents is 1. The number of rotatable bonds is 3. The number of hydrogen-bond acceptors (Lipinski definition) is 5. The number of pyridine rings is 1. The lowest BCUT2D eigenvalue weighted by Crippen LogP contribution is -2.59. The highest BCUT2D eigenvalue weighted by Gasteiger charge is 2.61. The predicted octanol–water partition coefficient (Wildman–Crippen LogP) is 3.47. The van der Waals surface area contributed by atoms with Gasteiger partial charge in [-0.2, -0.15) is 13.2 Å². The normalized spacial score (nSPS) is 19.6. The van der Waals surface area contributed by atoms with Gasteiger partial charge in [0.05, 0.1) is 17.2 Å². The number of ether oxygens (including phenoxy) is 1. The smallest absolute Gasteiger partial charge is 0.432 e. The largest absolute Gasteiger partial charge is 0.711 e. The molecule has 7 nitrogen and oxygen atoms in total. The summed E-state index contributed by atoms with van der Waals surface area (Å²) in [5.41, 5.74) is -2.83. The van der Waals surface area contributed by atoms with Crippen molar-refractivity contribution in [1.82, 2.24) is 0 Å². The molecule has 0 radical (unpaired) electrons. The van der Waals surface area contributed by atoms with E-state index in [-0.39, 0.29) is 22.9 Å². The van der Waals surface area contributed by atoms with Crippen molar-refractivity contribution in [1.29, 1.82) is 0 Å². The van der Waals surface area contributed by atoms with E-state index in [1.54, 1.807) is 0 Å². The molecule has 0 N–H and O–H groups in total. The van der Waals surface area contributed by atoms with Crippen LogP contribution in [0.2, 0.25) is 0 Å². The molecule has 0 aliphatic carbocycles. The summed E-state index contributed by atoms with van der Waals surface area (Å²) in [6.45, 7) is 0.631. The van der Waals surface area contributed by atoms with Crippen LogP contribution >= 0.6 is 0 Å². The monoisotopic (exact) mass is 369 g/mol. The number of nitro groups is 1. The van der Waals surface area contributed by atoms with E-state index in [1.807, 2.05) is 0 Å². The standard InChI is InChI=1S/C16H14F3N3O4/c1-2-15(16(17,18)19)10-20(14-5-3-4-8-21(14)23)12-9-11(22(24)25)6-7-13(12)26-15/h3-9H,2,10H2,1H3. The first kappa shape index (κ1) is 17.8. The number of hydrogen-bond donors (Lipinski definition) is 0. The molecule has 1 aromatic carbocycles. The summed E-state index contributed by atoms with van der Waals surface area (Å²) in [5.74, 6) is -0.260. The van der Waals surface area contributed by atoms with Crippen LogP contribution in [-0.4, -0.2) is 23.2 Å². The Morgan fingerprint density at radius 3 is 2.65 bits per heavy atom. The molecule has 138 valence electrons. The summed E-state index contributed by atoms with van der Waals surface area (Å²) >= 11 is 0. The third-order valence-corrected chi connectivity index (χ3v) is 4.33. The molecule has 1 unspecified atom stereocenters. The molecule has 2 heterocycles. The van der Waals surface area contributed by atoms with Crippen molar-refractivity contribution in [3.05, 3.63) is 57.9 Å². The molecule has 0 spiro atoms. The molecule has 0 saturated carbocycles. The summed E-state index contributed by atoms with van der Waals surface area (Å²) in [5, 5.41) is 23.2. The van der Waals surface area contributed by atoms with Crippen molar-refractivity contribution >= 4 is 17.2 Å². The van der Waals surface area contributed by atoms with Crippen LogP contribution in [0.25, 0.3) is 0 Å². The maximum Gasteiger partial charge on any atom is 0.432 e. The van der Waals surface area contributed by atoms with Gasteiger partial charge >= 0.3 is 6.18 Å². The average molecular weight is 369 g/mol. The van der Waals surface area contributed by atoms with Crippen LogP contribution in [-0.2, 0) is 0 Å². The highest BCUT2D eigenvalue weighted by Crippen LogP contribution is 2.48. The van der Waals surface area contributed by atoms with Gasteiger partial charge in [0.15, 0.2) is 11.4 Å². The second kappa shape index (κ2) is 6.04. The molecular formula is C16H14F3N3O4. The first-order chi connectivity index (χ1) is 12.2. The lowest BCUT2D eigenvalue weighted by atomic mass is 9.96. The molecule has 26 heavy (non-hydrogen) atoms. The van der Waals surface area contributed by atoms with Gasteiger partial charge in [-0.3, -0.25) is 10.1 Å². The lowest BCUT2D eigenvalue weighted by molar-refractivity contribution is -0.592. The first-order valence-corrected chi connectivity index (χ1v) is 7.68. The van der Waals surface area contributed by atoms with Crippen LogP contribution in [0.4, 0.5) is 30.4 Å². The van der Waals surface area contributed by atoms with E-state index in [0.29, 0.717) is 4.73 Å². The van der Waals surface area contributed by atoms with E-state index in [0.717, 1.165) is 29.3 Å². The summed E-state index contributed by atoms with van der Waals surface area (Å²) in [7, 11) is 0. The Labute approximate surface area is 146 Å². The molecule has 1 atom stereocenters. The molecule has 0 saturated heterocycles. The van der Waals surface area contributed by atoms with E-state index in [9.17, 15) is 28.5 Å². The predicted molar refractivity (Wildman–Crippen MR) is 85.2 cm³/mol. The van der Waals surface area contributed by atoms with E-state index in [4.69, 9.17) is 4.74 Å². The first-order valence-electron chi connectivity index (χ1n) is 7.68. The molecule has 0 fully saturated rings. The van der Waals surface area contributed by atoms with Crippen molar-refractivity contribution in [2.45, 2.75) is 25.1 Å². The highest BCUT2D eigenvalue weighted by atomic mass is 19.4. The van der Waals surface area contributed by atoms with Crippen molar-refractivity contribution in [3.63, 3.8) is 0 Å². The van der Waals surface area contributed by atoms with Crippen molar-refractivity contribution in [2.75, 3.05) is 11.4 Å². The fourth-order valence-electron chi connectivity index (χ4n) is 2.86. The SMILES string of the molecule is CCC1(C(F)(F)F)CN(c2cccc[n+]2[O-])c2cc([N+](=O)[O-])ccc2O1. The Morgan fingerprint density at radius 2 is 2.08 bits per heavy atom. The summed E-state index contributed by atoms with van der Waals surface area (Å²) in [6.07, 6.45) is -3.96. The Bertz CT molecular complexity index is 859. The fourth-order valence-corrected chi connectivity index (χ4v) is 2.86. The third-order valence-electron chi connectivity index (χ3n) is 4.33. The number of halogens is 3. The Kier molecular flexibility index (Phi) is 4.13. The maximum atomic E-state index is 13.7. The minimum Gasteiger partial charge on any atom is -0.711 e. The quantitative estimate of drug-likeness (QED) is 0.358. The van der Waals surface area contributed by atoms with E-state index >= 15 is 0 Å². The number of aromatic nitrogens is 1. The number of nitrogens with zero attached hydrogens (tertiary/aromatic N) is 3. The molecular weight excluding hydrogens is 355 g/mol. The minimum atomic E-state index is -4.71. The summed E-state index contributed by atoms with van der Waals surface area (Å²) < 4.78 is 46.9. The molecule has 1 aliphatic rings. The number of alkyl halides is 3. The second-order valence-electron chi connectivity index (χ2n) is 5.83. The zero-order chi connectivity index (χ0) is 19.1. The number of fused-ring (bicyclic) bond motifs is 1. The zero-order valence-corrected chi connectivity index (χ0v) is 13.6. The molecule has 1 aromatic heterocycles. The molecule has 3 rings (SSSR count). The van der Waals surface area contributed by atoms with E-state index in [2.05, 4.69) is 0 Å². The third kappa shape index (κ3) is 2.76. The van der Waals surface area contributed by atoms with Gasteiger partial charge in [0.25, 0.3) is 11.5 Å².